The van der Waals surface area contributed by atoms with Crippen LogP contribution in [0.3, 0.4) is 0 Å². The van der Waals surface area contributed by atoms with Gasteiger partial charge in [0.2, 0.25) is 5.91 Å². The summed E-state index contributed by atoms with van der Waals surface area (Å²) >= 11 is 1.12. The van der Waals surface area contributed by atoms with Crippen molar-refractivity contribution < 1.29 is 9.53 Å². The van der Waals surface area contributed by atoms with E-state index in [4.69, 9.17) is 10.6 Å². The Morgan fingerprint density at radius 1 is 1.48 bits per heavy atom. The summed E-state index contributed by atoms with van der Waals surface area (Å²) in [6.07, 6.45) is 0. The number of aromatic nitrogens is 2. The maximum atomic E-state index is 12.1. The average molecular weight is 308 g/mol. The van der Waals surface area contributed by atoms with Crippen molar-refractivity contribution in [3.63, 3.8) is 0 Å². The molecule has 0 fully saturated rings. The first kappa shape index (κ1) is 15.3. The molecule has 3 N–H and O–H groups in total. The minimum atomic E-state index is -0.331. The zero-order chi connectivity index (χ0) is 15.2. The number of hydrogen-bond acceptors (Lipinski definition) is 6. The van der Waals surface area contributed by atoms with Gasteiger partial charge in [-0.1, -0.05) is 23.9 Å². The molecule has 0 spiro atoms. The number of carbonyl (C=O) groups excluding carboxylic acids is 1. The van der Waals surface area contributed by atoms with Crippen LogP contribution in [0, 0.1) is 0 Å². The second-order valence-corrected chi connectivity index (χ2v) is 5.16. The van der Waals surface area contributed by atoms with Crippen molar-refractivity contribution in [3.8, 4) is 0 Å². The van der Waals surface area contributed by atoms with Gasteiger partial charge in [0.15, 0.2) is 5.16 Å². The Morgan fingerprint density at radius 3 is 3.00 bits per heavy atom. The highest BCUT2D eigenvalue weighted by Crippen LogP contribution is 2.15. The highest BCUT2D eigenvalue weighted by Gasteiger charge is 2.10. The maximum absolute atomic E-state index is 12.1. The minimum Gasteiger partial charge on any atom is -0.383 e. The lowest BCUT2D eigenvalue weighted by atomic mass is 10.2. The molecule has 1 amide bonds. The molecule has 0 aliphatic heterocycles. The molecule has 1 heterocycles. The van der Waals surface area contributed by atoms with Gasteiger partial charge in [-0.05, 0) is 12.1 Å². The number of nitrogen functional groups attached to an aromatic ring is 1. The van der Waals surface area contributed by atoms with Crippen LogP contribution in [0.1, 0.15) is 0 Å². The molecule has 0 atom stereocenters. The van der Waals surface area contributed by atoms with E-state index in [2.05, 4.69) is 10.3 Å². The first-order valence-corrected chi connectivity index (χ1v) is 7.27. The van der Waals surface area contributed by atoms with Gasteiger partial charge in [0.05, 0.1) is 23.3 Å². The van der Waals surface area contributed by atoms with Gasteiger partial charge in [0.1, 0.15) is 0 Å². The Balaban J connectivity index is 2.10. The number of nitrogens with one attached hydrogen (secondary N) is 1. The Kier molecular flexibility index (Phi) is 5.18. The highest BCUT2D eigenvalue weighted by atomic mass is 32.2. The highest BCUT2D eigenvalue weighted by molar-refractivity contribution is 7.99. The van der Waals surface area contributed by atoms with Crippen molar-refractivity contribution >= 4 is 28.6 Å². The van der Waals surface area contributed by atoms with E-state index >= 15 is 0 Å². The van der Waals surface area contributed by atoms with Crippen LogP contribution in [0.15, 0.2) is 34.2 Å². The van der Waals surface area contributed by atoms with E-state index in [9.17, 15) is 9.59 Å². The largest absolute Gasteiger partial charge is 0.383 e. The minimum absolute atomic E-state index is 0.131. The third kappa shape index (κ3) is 3.73. The maximum Gasteiger partial charge on any atom is 0.280 e. The zero-order valence-electron chi connectivity index (χ0n) is 11.5. The Labute approximate surface area is 125 Å². The van der Waals surface area contributed by atoms with Gasteiger partial charge in [-0.2, -0.15) is 0 Å². The Bertz CT molecular complexity index is 701. The molecule has 8 heteroatoms. The van der Waals surface area contributed by atoms with Crippen molar-refractivity contribution in [1.29, 1.82) is 0 Å². The second-order valence-electron chi connectivity index (χ2n) is 4.22. The summed E-state index contributed by atoms with van der Waals surface area (Å²) in [5.41, 5.74) is 0.231. The van der Waals surface area contributed by atoms with Crippen molar-refractivity contribution in [2.45, 2.75) is 5.16 Å². The molecule has 7 nitrogen and oxygen atoms in total. The number of rotatable bonds is 6. The Hall–Kier alpha value is -2.06. The standard InChI is InChI=1S/C13H16N4O3S/c1-20-7-6-15-11(18)8-21-13-16-10-5-3-2-4-9(10)12(19)17(13)14/h2-5H,6-8,14H2,1H3,(H,15,18). The first-order chi connectivity index (χ1) is 10.1. The number of para-hydroxylation sites is 1. The average Bonchev–Trinajstić information content (AvgIpc) is 2.50. The van der Waals surface area contributed by atoms with Gasteiger partial charge in [-0.3, -0.25) is 9.59 Å². The number of amides is 1. The van der Waals surface area contributed by atoms with E-state index in [1.165, 1.54) is 0 Å². The molecule has 112 valence electrons. The summed E-state index contributed by atoms with van der Waals surface area (Å²) in [6.45, 7) is 0.892. The summed E-state index contributed by atoms with van der Waals surface area (Å²) in [5, 5.41) is 3.44. The van der Waals surface area contributed by atoms with Gasteiger partial charge < -0.3 is 15.9 Å². The number of nitrogens with zero attached hydrogens (tertiary/aromatic N) is 2. The molecule has 0 aliphatic carbocycles. The molecule has 1 aromatic heterocycles. The fraction of sp³-hybridized carbons (Fsp3) is 0.308. The fourth-order valence-corrected chi connectivity index (χ4v) is 2.45. The van der Waals surface area contributed by atoms with E-state index in [1.54, 1.807) is 31.4 Å². The van der Waals surface area contributed by atoms with Crippen molar-refractivity contribution in [2.75, 3.05) is 31.9 Å². The molecule has 0 saturated carbocycles. The van der Waals surface area contributed by atoms with Gasteiger partial charge >= 0.3 is 0 Å². The molecule has 0 radical (unpaired) electrons. The second kappa shape index (κ2) is 7.09. The van der Waals surface area contributed by atoms with Gasteiger partial charge in [0, 0.05) is 13.7 Å². The van der Waals surface area contributed by atoms with Crippen molar-refractivity contribution in [2.24, 2.45) is 0 Å². The van der Waals surface area contributed by atoms with E-state index in [1.807, 2.05) is 0 Å². The van der Waals surface area contributed by atoms with Gasteiger partial charge in [0.25, 0.3) is 5.56 Å². The third-order valence-corrected chi connectivity index (χ3v) is 3.69. The molecule has 0 bridgehead atoms. The normalized spacial score (nSPS) is 10.7. The van der Waals surface area contributed by atoms with E-state index in [0.29, 0.717) is 29.2 Å². The number of fused-ring (bicyclic) bond motifs is 1. The van der Waals surface area contributed by atoms with E-state index in [-0.39, 0.29) is 17.2 Å². The van der Waals surface area contributed by atoms with Crippen LogP contribution in [-0.2, 0) is 9.53 Å². The number of hydrogen-bond donors (Lipinski definition) is 2. The van der Waals surface area contributed by atoms with Crippen molar-refractivity contribution in [3.05, 3.63) is 34.6 Å². The van der Waals surface area contributed by atoms with Crippen LogP contribution in [0.2, 0.25) is 0 Å². The summed E-state index contributed by atoms with van der Waals surface area (Å²) < 4.78 is 5.81. The molecule has 0 aliphatic rings. The number of methoxy groups -OCH3 is 1. The lowest BCUT2D eigenvalue weighted by Gasteiger charge is -2.08. The summed E-state index contributed by atoms with van der Waals surface area (Å²) in [6, 6.07) is 6.95. The van der Waals surface area contributed by atoms with Gasteiger partial charge in [-0.15, -0.1) is 0 Å². The molecule has 1 aromatic carbocycles. The Morgan fingerprint density at radius 2 is 2.24 bits per heavy atom. The lowest BCUT2D eigenvalue weighted by Crippen LogP contribution is -2.31. The predicted molar refractivity (Wildman–Crippen MR) is 81.8 cm³/mol. The number of carbonyl (C=O) groups is 1. The number of ether oxygens (including phenoxy) is 1. The molecular weight excluding hydrogens is 292 g/mol. The van der Waals surface area contributed by atoms with Crippen LogP contribution >= 0.6 is 11.8 Å². The van der Waals surface area contributed by atoms with Crippen molar-refractivity contribution in [1.82, 2.24) is 15.0 Å². The number of thioether (sulfide) groups is 1. The molecule has 2 rings (SSSR count). The fourth-order valence-electron chi connectivity index (χ4n) is 1.70. The number of benzene rings is 1. The van der Waals surface area contributed by atoms with Gasteiger partial charge in [-0.25, -0.2) is 9.66 Å². The topological polar surface area (TPSA) is 99.2 Å². The van der Waals surface area contributed by atoms with Crippen LogP contribution in [0.5, 0.6) is 0 Å². The lowest BCUT2D eigenvalue weighted by molar-refractivity contribution is -0.118. The van der Waals surface area contributed by atoms with E-state index in [0.717, 1.165) is 16.4 Å². The monoisotopic (exact) mass is 308 g/mol. The van der Waals surface area contributed by atoms with Crippen LogP contribution < -0.4 is 16.7 Å². The van der Waals surface area contributed by atoms with Crippen LogP contribution in [0.25, 0.3) is 10.9 Å². The molecular formula is C13H16N4O3S. The predicted octanol–water partition coefficient (Wildman–Crippen LogP) is -0.0350. The summed E-state index contributed by atoms with van der Waals surface area (Å²) in [5.74, 6) is 5.69. The smallest absolute Gasteiger partial charge is 0.280 e. The summed E-state index contributed by atoms with van der Waals surface area (Å²) in [4.78, 5) is 28.0. The SMILES string of the molecule is COCCNC(=O)CSc1nc2ccccc2c(=O)n1N. The quantitative estimate of drug-likeness (QED) is 0.336. The van der Waals surface area contributed by atoms with Crippen LogP contribution in [0.4, 0.5) is 0 Å². The van der Waals surface area contributed by atoms with E-state index < -0.39 is 0 Å². The number of nitrogens with two attached hydrogens (primary N) is 1. The summed E-state index contributed by atoms with van der Waals surface area (Å²) in [7, 11) is 1.56. The van der Waals surface area contributed by atoms with Crippen LogP contribution in [-0.4, -0.2) is 41.6 Å². The third-order valence-electron chi connectivity index (χ3n) is 2.74. The molecule has 0 saturated heterocycles. The first-order valence-electron chi connectivity index (χ1n) is 6.29. The molecule has 2 aromatic rings. The molecule has 0 unspecified atom stereocenters. The zero-order valence-corrected chi connectivity index (χ0v) is 12.4. The molecule has 21 heavy (non-hydrogen) atoms.